The van der Waals surface area contributed by atoms with E-state index >= 15 is 0 Å². The first-order chi connectivity index (χ1) is 18.0. The second-order valence-corrected chi connectivity index (χ2v) is 12.7. The molecule has 206 valence electrons. The molecule has 2 aromatic rings. The second-order valence-electron chi connectivity index (χ2n) is 9.88. The molecule has 5 atom stereocenters. The van der Waals surface area contributed by atoms with Crippen molar-refractivity contribution in [2.24, 2.45) is 0 Å². The molecule has 2 aromatic carbocycles. The van der Waals surface area contributed by atoms with Crippen molar-refractivity contribution >= 4 is 45.1 Å². The summed E-state index contributed by atoms with van der Waals surface area (Å²) in [5.74, 6) is -2.02. The van der Waals surface area contributed by atoms with Crippen molar-refractivity contribution in [2.75, 3.05) is 12.3 Å². The van der Waals surface area contributed by atoms with E-state index in [0.29, 0.717) is 34.1 Å². The predicted octanol–water partition coefficient (Wildman–Crippen LogP) is 5.07. The Balaban J connectivity index is 1.83. The van der Waals surface area contributed by atoms with Gasteiger partial charge in [0.2, 0.25) is 10.0 Å². The smallest absolute Gasteiger partial charge is 0.306 e. The van der Waals surface area contributed by atoms with Gasteiger partial charge in [-0.3, -0.25) is 9.59 Å². The van der Waals surface area contributed by atoms with Gasteiger partial charge in [0.25, 0.3) is 5.91 Å². The molecule has 2 aliphatic heterocycles. The van der Waals surface area contributed by atoms with Gasteiger partial charge < -0.3 is 14.7 Å². The summed E-state index contributed by atoms with van der Waals surface area (Å²) < 4.78 is 34.8. The first kappa shape index (κ1) is 28.8. The number of hydrogen-bond donors (Lipinski definition) is 1. The molecule has 0 radical (unpaired) electrons. The monoisotopic (exact) mass is 582 g/mol. The summed E-state index contributed by atoms with van der Waals surface area (Å²) in [6.07, 6.45) is -0.705. The zero-order chi connectivity index (χ0) is 27.6. The van der Waals surface area contributed by atoms with Gasteiger partial charge in [-0.2, -0.15) is 4.31 Å². The van der Waals surface area contributed by atoms with Crippen LogP contribution in [-0.2, 0) is 24.3 Å². The maximum atomic E-state index is 13.9. The number of sulfonamides is 1. The van der Waals surface area contributed by atoms with E-state index in [0.717, 1.165) is 12.8 Å². The molecular weight excluding hydrogens is 551 g/mol. The van der Waals surface area contributed by atoms with Crippen LogP contribution in [0.2, 0.25) is 10.0 Å². The van der Waals surface area contributed by atoms with Gasteiger partial charge in [0.15, 0.2) is 0 Å². The molecule has 0 saturated carbocycles. The van der Waals surface area contributed by atoms with Crippen LogP contribution in [0.3, 0.4) is 0 Å². The van der Waals surface area contributed by atoms with Gasteiger partial charge in [-0.05, 0) is 61.6 Å². The van der Waals surface area contributed by atoms with Crippen molar-refractivity contribution < 1.29 is 27.9 Å². The number of benzene rings is 2. The lowest BCUT2D eigenvalue weighted by Gasteiger charge is -2.48. The number of carbonyl (C=O) groups excluding carboxylic acids is 1. The molecule has 2 aliphatic rings. The highest BCUT2D eigenvalue weighted by atomic mass is 35.5. The van der Waals surface area contributed by atoms with Crippen LogP contribution in [0.5, 0.6) is 0 Å². The molecule has 4 rings (SSSR count). The van der Waals surface area contributed by atoms with Crippen molar-refractivity contribution in [3.63, 3.8) is 0 Å². The maximum Gasteiger partial charge on any atom is 0.306 e. The number of rotatable bonds is 9. The molecule has 0 aromatic heterocycles. The van der Waals surface area contributed by atoms with E-state index < -0.39 is 52.6 Å². The van der Waals surface area contributed by atoms with E-state index in [-0.39, 0.29) is 11.8 Å². The van der Waals surface area contributed by atoms with Crippen molar-refractivity contribution in [3.05, 3.63) is 69.7 Å². The number of hydrogen-bond acceptors (Lipinski definition) is 5. The molecule has 1 amide bonds. The van der Waals surface area contributed by atoms with Crippen LogP contribution in [0.4, 0.5) is 0 Å². The van der Waals surface area contributed by atoms with Gasteiger partial charge >= 0.3 is 5.97 Å². The fourth-order valence-corrected chi connectivity index (χ4v) is 7.91. The number of nitrogens with zero attached hydrogens (tertiary/aromatic N) is 2. The van der Waals surface area contributed by atoms with Crippen LogP contribution in [0.1, 0.15) is 62.8 Å². The molecule has 2 saturated heterocycles. The molecule has 2 fully saturated rings. The van der Waals surface area contributed by atoms with Crippen molar-refractivity contribution in [1.82, 2.24) is 9.21 Å². The Morgan fingerprint density at radius 3 is 2.42 bits per heavy atom. The first-order valence-corrected chi connectivity index (χ1v) is 15.1. The second kappa shape index (κ2) is 11.9. The highest BCUT2D eigenvalue weighted by molar-refractivity contribution is 7.89. The molecule has 0 bridgehead atoms. The van der Waals surface area contributed by atoms with Crippen LogP contribution >= 0.6 is 23.2 Å². The first-order valence-electron chi connectivity index (χ1n) is 12.7. The minimum atomic E-state index is -3.69. The third-order valence-corrected chi connectivity index (χ3v) is 9.84. The fourth-order valence-electron chi connectivity index (χ4n) is 5.45. The van der Waals surface area contributed by atoms with E-state index in [4.69, 9.17) is 27.9 Å². The van der Waals surface area contributed by atoms with Gasteiger partial charge in [-0.15, -0.1) is 0 Å². The summed E-state index contributed by atoms with van der Waals surface area (Å²) in [5, 5.41) is 10.5. The lowest BCUT2D eigenvalue weighted by molar-refractivity contribution is -0.182. The summed E-state index contributed by atoms with van der Waals surface area (Å²) in [7, 11) is -3.69. The van der Waals surface area contributed by atoms with E-state index in [1.807, 2.05) is 13.8 Å². The van der Waals surface area contributed by atoms with E-state index in [9.17, 15) is 23.1 Å². The lowest BCUT2D eigenvalue weighted by atomic mass is 9.89. The molecular formula is C27H32Cl2N2O6S. The SMILES string of the molecule is CCC(CS(=O)(=O)N1CCC[C@H]1C)N1C(=O)[C@H](CC(=O)O)OC(c2cccc(Cl)c2)C1c1ccc(Cl)cc1. The molecule has 2 heterocycles. The molecule has 0 aliphatic carbocycles. The number of carboxylic acid groups (broad SMARTS) is 1. The van der Waals surface area contributed by atoms with E-state index in [2.05, 4.69) is 0 Å². The number of carbonyl (C=O) groups is 2. The summed E-state index contributed by atoms with van der Waals surface area (Å²) in [4.78, 5) is 27.1. The average Bonchev–Trinajstić information content (AvgIpc) is 3.31. The Kier molecular flexibility index (Phi) is 9.04. The summed E-state index contributed by atoms with van der Waals surface area (Å²) in [5.41, 5.74) is 1.34. The zero-order valence-electron chi connectivity index (χ0n) is 21.3. The topological polar surface area (TPSA) is 104 Å². The van der Waals surface area contributed by atoms with Crippen LogP contribution in [0.25, 0.3) is 0 Å². The number of morpholine rings is 1. The van der Waals surface area contributed by atoms with Gasteiger partial charge in [-0.1, -0.05) is 54.4 Å². The fraction of sp³-hybridized carbons (Fsp3) is 0.481. The number of halogens is 2. The Labute approximate surface area is 233 Å². The minimum absolute atomic E-state index is 0.107. The van der Waals surface area contributed by atoms with Crippen LogP contribution < -0.4 is 0 Å². The Bertz CT molecular complexity index is 1270. The quantitative estimate of drug-likeness (QED) is 0.442. The Morgan fingerprint density at radius 2 is 1.84 bits per heavy atom. The van der Waals surface area contributed by atoms with Crippen LogP contribution in [-0.4, -0.2) is 65.1 Å². The van der Waals surface area contributed by atoms with Gasteiger partial charge in [0.1, 0.15) is 12.2 Å². The molecule has 11 heteroatoms. The van der Waals surface area contributed by atoms with Gasteiger partial charge in [0.05, 0.1) is 18.2 Å². The van der Waals surface area contributed by atoms with Gasteiger partial charge in [-0.25, -0.2) is 8.42 Å². The van der Waals surface area contributed by atoms with E-state index in [1.54, 1.807) is 48.5 Å². The maximum absolute atomic E-state index is 13.9. The highest BCUT2D eigenvalue weighted by Gasteiger charge is 2.48. The minimum Gasteiger partial charge on any atom is -0.481 e. The third-order valence-electron chi connectivity index (χ3n) is 7.29. The zero-order valence-corrected chi connectivity index (χ0v) is 23.6. The molecule has 0 spiro atoms. The lowest BCUT2D eigenvalue weighted by Crippen LogP contribution is -2.57. The van der Waals surface area contributed by atoms with Crippen molar-refractivity contribution in [1.29, 1.82) is 0 Å². The largest absolute Gasteiger partial charge is 0.481 e. The Hall–Kier alpha value is -2.17. The highest BCUT2D eigenvalue weighted by Crippen LogP contribution is 2.45. The van der Waals surface area contributed by atoms with Crippen LogP contribution in [0, 0.1) is 0 Å². The molecule has 8 nitrogen and oxygen atoms in total. The number of amides is 1. The predicted molar refractivity (Wildman–Crippen MR) is 146 cm³/mol. The summed E-state index contributed by atoms with van der Waals surface area (Å²) in [6.45, 7) is 4.17. The molecule has 3 unspecified atom stereocenters. The van der Waals surface area contributed by atoms with Crippen molar-refractivity contribution in [3.8, 4) is 0 Å². The van der Waals surface area contributed by atoms with Gasteiger partial charge in [0, 0.05) is 28.7 Å². The number of carboxylic acids is 1. The summed E-state index contributed by atoms with van der Waals surface area (Å²) in [6, 6.07) is 12.4. The normalized spacial score (nSPS) is 25.5. The van der Waals surface area contributed by atoms with Crippen LogP contribution in [0.15, 0.2) is 48.5 Å². The third kappa shape index (κ3) is 6.18. The average molecular weight is 584 g/mol. The molecule has 38 heavy (non-hydrogen) atoms. The molecule has 1 N–H and O–H groups in total. The van der Waals surface area contributed by atoms with Crippen molar-refractivity contribution in [2.45, 2.75) is 69.9 Å². The van der Waals surface area contributed by atoms with E-state index in [1.165, 1.54) is 9.21 Å². The summed E-state index contributed by atoms with van der Waals surface area (Å²) >= 11 is 12.4. The number of ether oxygens (including phenoxy) is 1. The Morgan fingerprint density at radius 1 is 1.13 bits per heavy atom. The number of aliphatic carboxylic acids is 1. The standard InChI is InChI=1S/C27H32Cl2N2O6S/c1-3-22(16-38(35,36)30-13-5-6-17(30)2)31-25(18-9-11-20(28)12-10-18)26(19-7-4-8-21(29)14-19)37-23(27(31)34)15-24(32)33/h4,7-12,14,17,22-23,25-26H,3,5-6,13,15-16H2,1-2H3,(H,32,33)/t17-,22?,23+,25?,26?/m1/s1.